The second kappa shape index (κ2) is 8.84. The van der Waals surface area contributed by atoms with Crippen LogP contribution in [0.4, 0.5) is 0 Å². The summed E-state index contributed by atoms with van der Waals surface area (Å²) < 4.78 is 2.03. The Morgan fingerprint density at radius 2 is 2.10 bits per heavy atom. The Morgan fingerprint density at radius 3 is 2.93 bits per heavy atom. The predicted molar refractivity (Wildman–Crippen MR) is 114 cm³/mol. The molecular weight excluding hydrogens is 364 g/mol. The summed E-state index contributed by atoms with van der Waals surface area (Å²) in [6.07, 6.45) is 7.37. The van der Waals surface area contributed by atoms with Crippen molar-refractivity contribution in [3.05, 3.63) is 40.5 Å². The molecule has 3 N–H and O–H groups in total. The Hall–Kier alpha value is -2.57. The van der Waals surface area contributed by atoms with Crippen LogP contribution in [0.2, 0.25) is 0 Å². The average molecular weight is 397 g/mol. The van der Waals surface area contributed by atoms with Crippen LogP contribution in [0.3, 0.4) is 0 Å². The number of phenolic OH excluding ortho intramolecular Hbond substituents is 1. The number of nitrogens with one attached hydrogen (secondary N) is 2. The number of hydrogen-bond acceptors (Lipinski definition) is 4. The van der Waals surface area contributed by atoms with Crippen LogP contribution in [0.25, 0.3) is 0 Å². The van der Waals surface area contributed by atoms with Crippen molar-refractivity contribution in [1.82, 2.24) is 25.4 Å². The maximum Gasteiger partial charge on any atom is 0.191 e. The lowest BCUT2D eigenvalue weighted by Crippen LogP contribution is -2.47. The van der Waals surface area contributed by atoms with Gasteiger partial charge in [0.15, 0.2) is 11.8 Å². The molecule has 2 heterocycles. The van der Waals surface area contributed by atoms with Gasteiger partial charge in [-0.25, -0.2) is 14.7 Å². The number of guanidine groups is 1. The maximum absolute atomic E-state index is 10.4. The Kier molecular flexibility index (Phi) is 6.02. The fraction of sp³-hybridized carbons (Fsp3) is 0.591. The first-order valence-corrected chi connectivity index (χ1v) is 11.0. The number of aryl methyl sites for hydroxylation is 3. The van der Waals surface area contributed by atoms with Gasteiger partial charge < -0.3 is 15.7 Å². The molecule has 2 aromatic rings. The Morgan fingerprint density at radius 1 is 1.24 bits per heavy atom. The van der Waals surface area contributed by atoms with Crippen molar-refractivity contribution >= 4 is 5.96 Å². The third-order valence-corrected chi connectivity index (χ3v) is 5.92. The number of rotatable bonds is 5. The summed E-state index contributed by atoms with van der Waals surface area (Å²) in [5.41, 5.74) is 3.65. The standard InChI is InChI=1S/C22H32N6O/c1-3-20-26-21-12-10-16(14-28(21)27-20)25-22(23-4-2)24-13-18-17-8-6-5-7-15(17)9-11-19(18)29/h9,11,16,29H,3-8,10,12-14H2,1-2H3,(H2,23,24,25). The molecule has 1 aromatic heterocycles. The van der Waals surface area contributed by atoms with E-state index in [9.17, 15) is 5.11 Å². The molecule has 1 aliphatic heterocycles. The summed E-state index contributed by atoms with van der Waals surface area (Å²) in [6, 6.07) is 4.17. The van der Waals surface area contributed by atoms with Gasteiger partial charge in [-0.1, -0.05) is 13.0 Å². The number of aromatic nitrogens is 3. The first-order chi connectivity index (χ1) is 14.2. The molecule has 156 valence electrons. The van der Waals surface area contributed by atoms with E-state index in [0.717, 1.165) is 68.4 Å². The molecule has 7 nitrogen and oxygen atoms in total. The lowest BCUT2D eigenvalue weighted by Gasteiger charge is -2.25. The zero-order chi connectivity index (χ0) is 20.2. The van der Waals surface area contributed by atoms with Crippen molar-refractivity contribution in [3.8, 4) is 5.75 Å². The van der Waals surface area contributed by atoms with Crippen molar-refractivity contribution in [2.45, 2.75) is 77.9 Å². The number of aromatic hydroxyl groups is 1. The fourth-order valence-electron chi connectivity index (χ4n) is 4.37. The van der Waals surface area contributed by atoms with Gasteiger partial charge >= 0.3 is 0 Å². The number of phenols is 1. The zero-order valence-corrected chi connectivity index (χ0v) is 17.5. The largest absolute Gasteiger partial charge is 0.508 e. The molecule has 1 atom stereocenters. The van der Waals surface area contributed by atoms with Crippen LogP contribution in [-0.2, 0) is 38.8 Å². The van der Waals surface area contributed by atoms with Gasteiger partial charge in [0.2, 0.25) is 0 Å². The normalized spacial score (nSPS) is 18.8. The van der Waals surface area contributed by atoms with E-state index in [1.807, 2.05) is 10.7 Å². The van der Waals surface area contributed by atoms with Crippen LogP contribution in [0.5, 0.6) is 5.75 Å². The van der Waals surface area contributed by atoms with Gasteiger partial charge in [0.25, 0.3) is 0 Å². The van der Waals surface area contributed by atoms with Crippen molar-refractivity contribution < 1.29 is 5.11 Å². The summed E-state index contributed by atoms with van der Waals surface area (Å²) in [5, 5.41) is 22.0. The summed E-state index contributed by atoms with van der Waals surface area (Å²) >= 11 is 0. The molecule has 0 amide bonds. The molecule has 7 heteroatoms. The van der Waals surface area contributed by atoms with Gasteiger partial charge in [-0.15, -0.1) is 0 Å². The van der Waals surface area contributed by atoms with E-state index < -0.39 is 0 Å². The highest BCUT2D eigenvalue weighted by molar-refractivity contribution is 5.80. The molecule has 0 saturated heterocycles. The number of aliphatic imine (C=N–C) groups is 1. The van der Waals surface area contributed by atoms with Crippen molar-refractivity contribution in [1.29, 1.82) is 0 Å². The highest BCUT2D eigenvalue weighted by Crippen LogP contribution is 2.31. The number of benzene rings is 1. The van der Waals surface area contributed by atoms with E-state index >= 15 is 0 Å². The molecule has 29 heavy (non-hydrogen) atoms. The molecule has 0 bridgehead atoms. The van der Waals surface area contributed by atoms with Gasteiger partial charge in [0, 0.05) is 31.0 Å². The van der Waals surface area contributed by atoms with E-state index in [1.165, 1.54) is 24.0 Å². The van der Waals surface area contributed by atoms with E-state index in [0.29, 0.717) is 12.3 Å². The Bertz CT molecular complexity index is 888. The third-order valence-electron chi connectivity index (χ3n) is 5.92. The lowest BCUT2D eigenvalue weighted by atomic mass is 9.88. The highest BCUT2D eigenvalue weighted by Gasteiger charge is 2.22. The van der Waals surface area contributed by atoms with E-state index in [4.69, 9.17) is 4.99 Å². The summed E-state index contributed by atoms with van der Waals surface area (Å²) in [4.78, 5) is 9.41. The van der Waals surface area contributed by atoms with Crippen LogP contribution >= 0.6 is 0 Å². The smallest absolute Gasteiger partial charge is 0.191 e. The second-order valence-electron chi connectivity index (χ2n) is 7.96. The molecule has 0 radical (unpaired) electrons. The summed E-state index contributed by atoms with van der Waals surface area (Å²) in [7, 11) is 0. The molecule has 0 saturated carbocycles. The minimum Gasteiger partial charge on any atom is -0.508 e. The number of hydrogen-bond donors (Lipinski definition) is 3. The lowest BCUT2D eigenvalue weighted by molar-refractivity contribution is 0.392. The molecule has 1 unspecified atom stereocenters. The quantitative estimate of drug-likeness (QED) is 0.534. The molecule has 1 aliphatic carbocycles. The fourth-order valence-corrected chi connectivity index (χ4v) is 4.37. The monoisotopic (exact) mass is 396 g/mol. The third kappa shape index (κ3) is 4.38. The van der Waals surface area contributed by atoms with E-state index in [2.05, 4.69) is 40.6 Å². The minimum absolute atomic E-state index is 0.269. The topological polar surface area (TPSA) is 87.4 Å². The molecule has 0 fully saturated rings. The first kappa shape index (κ1) is 19.7. The van der Waals surface area contributed by atoms with Crippen LogP contribution in [0.1, 0.15) is 61.4 Å². The van der Waals surface area contributed by atoms with Gasteiger partial charge in [0.1, 0.15) is 11.6 Å². The zero-order valence-electron chi connectivity index (χ0n) is 17.5. The molecule has 4 rings (SSSR count). The van der Waals surface area contributed by atoms with Gasteiger partial charge in [-0.2, -0.15) is 5.10 Å². The van der Waals surface area contributed by atoms with Crippen molar-refractivity contribution in [3.63, 3.8) is 0 Å². The summed E-state index contributed by atoms with van der Waals surface area (Å²) in [5.74, 6) is 3.17. The van der Waals surface area contributed by atoms with Gasteiger partial charge in [-0.3, -0.25) is 0 Å². The van der Waals surface area contributed by atoms with Crippen molar-refractivity contribution in [2.24, 2.45) is 4.99 Å². The maximum atomic E-state index is 10.4. The van der Waals surface area contributed by atoms with E-state index in [-0.39, 0.29) is 6.04 Å². The Labute approximate surface area is 172 Å². The minimum atomic E-state index is 0.269. The average Bonchev–Trinajstić information content (AvgIpc) is 3.15. The van der Waals surface area contributed by atoms with E-state index in [1.54, 1.807) is 0 Å². The molecule has 0 spiro atoms. The van der Waals surface area contributed by atoms with Crippen LogP contribution in [0, 0.1) is 0 Å². The molecule has 2 aliphatic rings. The van der Waals surface area contributed by atoms with Crippen LogP contribution in [0.15, 0.2) is 17.1 Å². The second-order valence-corrected chi connectivity index (χ2v) is 7.96. The van der Waals surface area contributed by atoms with Gasteiger partial charge in [0.05, 0.1) is 13.1 Å². The SMILES string of the molecule is CCNC(=NCc1c(O)ccc2c1CCCC2)NC1CCc2nc(CC)nn2C1. The van der Waals surface area contributed by atoms with Crippen molar-refractivity contribution in [2.75, 3.05) is 6.54 Å². The number of nitrogens with zero attached hydrogens (tertiary/aromatic N) is 4. The highest BCUT2D eigenvalue weighted by atomic mass is 16.3. The van der Waals surface area contributed by atoms with Gasteiger partial charge in [-0.05, 0) is 56.2 Å². The predicted octanol–water partition coefficient (Wildman–Crippen LogP) is 2.50. The summed E-state index contributed by atoms with van der Waals surface area (Å²) in [6.45, 7) is 6.25. The van der Waals surface area contributed by atoms with Crippen LogP contribution in [-0.4, -0.2) is 38.4 Å². The Balaban J connectivity index is 1.48. The molecular formula is C22H32N6O. The molecule has 1 aromatic carbocycles. The first-order valence-electron chi connectivity index (χ1n) is 11.0. The number of fused-ring (bicyclic) bond motifs is 2. The van der Waals surface area contributed by atoms with Crippen LogP contribution < -0.4 is 10.6 Å².